The quantitative estimate of drug-likeness (QED) is 0.654. The predicted molar refractivity (Wildman–Crippen MR) is 52.6 cm³/mol. The summed E-state index contributed by atoms with van der Waals surface area (Å²) in [5, 5.41) is 6.33. The molecule has 0 spiro atoms. The molecule has 1 heterocycles. The fourth-order valence-electron chi connectivity index (χ4n) is 0.890. The second-order valence-electron chi connectivity index (χ2n) is 2.07. The molecule has 1 aliphatic heterocycles. The normalized spacial score (nSPS) is 15.5. The van der Waals surface area contributed by atoms with Crippen LogP contribution in [0.5, 0.6) is 0 Å². The van der Waals surface area contributed by atoms with Crippen LogP contribution in [0.4, 0.5) is 0 Å². The molecule has 0 amide bonds. The Labute approximate surface area is 76.2 Å². The Morgan fingerprint density at radius 3 is 3.00 bits per heavy atom. The highest BCUT2D eigenvalue weighted by atomic mass is 32.2. The Morgan fingerprint density at radius 1 is 1.91 bits per heavy atom. The van der Waals surface area contributed by atoms with Crippen LogP contribution in [0, 0.1) is 0 Å². The summed E-state index contributed by atoms with van der Waals surface area (Å²) < 4.78 is 0. The first-order valence-electron chi connectivity index (χ1n) is 3.37. The van der Waals surface area contributed by atoms with Crippen LogP contribution >= 0.6 is 24.0 Å². The summed E-state index contributed by atoms with van der Waals surface area (Å²) in [6.07, 6.45) is 1.98. The summed E-state index contributed by atoms with van der Waals surface area (Å²) in [6.45, 7) is 2.84. The van der Waals surface area contributed by atoms with Crippen molar-refractivity contribution in [1.82, 2.24) is 10.0 Å². The van der Waals surface area contributed by atoms with E-state index < -0.39 is 0 Å². The molecule has 0 atom stereocenters. The van der Waals surface area contributed by atoms with Crippen molar-refractivity contribution in [2.24, 2.45) is 5.73 Å². The standard InChI is InChI=1S/C6H11N3S2/c1-2-9(6(7)10)8-3-4-11-5-8/h3-4H,2,5H2,1H3,(H2,7,10). The average Bonchev–Trinajstić information content (AvgIpc) is 2.40. The molecule has 2 N–H and O–H groups in total. The molecule has 1 aliphatic rings. The molecule has 0 bridgehead atoms. The first-order valence-corrected chi connectivity index (χ1v) is 4.83. The zero-order valence-electron chi connectivity index (χ0n) is 6.36. The Hall–Kier alpha value is -0.420. The van der Waals surface area contributed by atoms with E-state index in [2.05, 4.69) is 0 Å². The van der Waals surface area contributed by atoms with Crippen LogP contribution in [0.2, 0.25) is 0 Å². The first-order chi connectivity index (χ1) is 5.25. The molecular formula is C6H11N3S2. The maximum absolute atomic E-state index is 5.50. The number of thioether (sulfide) groups is 1. The van der Waals surface area contributed by atoms with E-state index in [0.717, 1.165) is 12.4 Å². The molecule has 0 aromatic carbocycles. The van der Waals surface area contributed by atoms with Gasteiger partial charge in [-0.3, -0.25) is 10.0 Å². The lowest BCUT2D eigenvalue weighted by Gasteiger charge is -2.30. The third-order valence-corrected chi connectivity index (χ3v) is 2.34. The SMILES string of the molecule is CCN(C(N)=S)N1C=CSC1. The molecule has 0 aromatic heterocycles. The number of thiocarbonyl (C=S) groups is 1. The lowest BCUT2D eigenvalue weighted by Crippen LogP contribution is -2.44. The molecule has 5 heteroatoms. The van der Waals surface area contributed by atoms with E-state index in [4.69, 9.17) is 18.0 Å². The van der Waals surface area contributed by atoms with Crippen LogP contribution in [-0.2, 0) is 0 Å². The highest BCUT2D eigenvalue weighted by Crippen LogP contribution is 2.16. The maximum atomic E-state index is 5.50. The molecule has 1 rings (SSSR count). The zero-order chi connectivity index (χ0) is 8.27. The Kier molecular flexibility index (Phi) is 3.02. The lowest BCUT2D eigenvalue weighted by atomic mass is 10.7. The van der Waals surface area contributed by atoms with Gasteiger partial charge in [-0.25, -0.2) is 0 Å². The van der Waals surface area contributed by atoms with Crippen molar-refractivity contribution >= 4 is 29.1 Å². The van der Waals surface area contributed by atoms with Crippen molar-refractivity contribution in [2.75, 3.05) is 12.4 Å². The van der Waals surface area contributed by atoms with E-state index in [1.165, 1.54) is 0 Å². The van der Waals surface area contributed by atoms with Crippen LogP contribution in [0.15, 0.2) is 11.6 Å². The summed E-state index contributed by atoms with van der Waals surface area (Å²) in [5.74, 6) is 0.908. The molecule has 0 radical (unpaired) electrons. The van der Waals surface area contributed by atoms with Crippen molar-refractivity contribution in [2.45, 2.75) is 6.92 Å². The molecule has 0 aromatic rings. The highest BCUT2D eigenvalue weighted by molar-refractivity contribution is 8.02. The average molecular weight is 189 g/mol. The van der Waals surface area contributed by atoms with Gasteiger partial charge in [0.25, 0.3) is 0 Å². The van der Waals surface area contributed by atoms with Crippen LogP contribution in [-0.4, -0.2) is 27.6 Å². The summed E-state index contributed by atoms with van der Waals surface area (Å²) >= 11 is 6.60. The van der Waals surface area contributed by atoms with Gasteiger partial charge in [0.15, 0.2) is 5.11 Å². The van der Waals surface area contributed by atoms with Gasteiger partial charge in [-0.1, -0.05) is 0 Å². The number of nitrogens with zero attached hydrogens (tertiary/aromatic N) is 2. The molecule has 0 fully saturated rings. The van der Waals surface area contributed by atoms with Gasteiger partial charge in [0.05, 0.1) is 5.88 Å². The Bertz CT molecular complexity index is 181. The molecule has 11 heavy (non-hydrogen) atoms. The van der Waals surface area contributed by atoms with Gasteiger partial charge < -0.3 is 5.73 Å². The zero-order valence-corrected chi connectivity index (χ0v) is 7.99. The Morgan fingerprint density at radius 2 is 2.64 bits per heavy atom. The second kappa shape index (κ2) is 3.82. The summed E-state index contributed by atoms with van der Waals surface area (Å²) in [7, 11) is 0. The van der Waals surface area contributed by atoms with Crippen molar-refractivity contribution in [3.63, 3.8) is 0 Å². The minimum absolute atomic E-state index is 0.430. The van der Waals surface area contributed by atoms with Gasteiger partial charge in [-0.2, -0.15) is 0 Å². The summed E-state index contributed by atoms with van der Waals surface area (Å²) in [6, 6.07) is 0. The fourth-order valence-corrected chi connectivity index (χ4v) is 1.81. The Balaban J connectivity index is 2.54. The summed E-state index contributed by atoms with van der Waals surface area (Å²) in [5.41, 5.74) is 5.50. The number of hydrazine groups is 1. The van der Waals surface area contributed by atoms with Gasteiger partial charge in [-0.05, 0) is 24.5 Å². The van der Waals surface area contributed by atoms with Crippen LogP contribution < -0.4 is 5.73 Å². The molecule has 3 nitrogen and oxygen atoms in total. The topological polar surface area (TPSA) is 32.5 Å². The second-order valence-corrected chi connectivity index (χ2v) is 3.36. The molecular weight excluding hydrogens is 178 g/mol. The third kappa shape index (κ3) is 2.00. The molecule has 0 saturated heterocycles. The monoisotopic (exact) mass is 189 g/mol. The highest BCUT2D eigenvalue weighted by Gasteiger charge is 2.13. The van der Waals surface area contributed by atoms with Crippen molar-refractivity contribution < 1.29 is 0 Å². The van der Waals surface area contributed by atoms with Crippen molar-refractivity contribution in [1.29, 1.82) is 0 Å². The van der Waals surface area contributed by atoms with E-state index in [9.17, 15) is 0 Å². The number of nitrogens with two attached hydrogens (primary N) is 1. The molecule has 0 saturated carbocycles. The number of hydrogen-bond donors (Lipinski definition) is 1. The van der Waals surface area contributed by atoms with Gasteiger partial charge in [0.1, 0.15) is 0 Å². The van der Waals surface area contributed by atoms with Crippen LogP contribution in [0.3, 0.4) is 0 Å². The maximum Gasteiger partial charge on any atom is 0.185 e. The van der Waals surface area contributed by atoms with E-state index in [1.807, 2.05) is 28.5 Å². The number of rotatable bonds is 2. The molecule has 0 aliphatic carbocycles. The van der Waals surface area contributed by atoms with Gasteiger partial charge in [0, 0.05) is 12.7 Å². The van der Waals surface area contributed by atoms with E-state index >= 15 is 0 Å². The van der Waals surface area contributed by atoms with E-state index in [-0.39, 0.29) is 0 Å². The number of hydrogen-bond acceptors (Lipinski definition) is 3. The minimum atomic E-state index is 0.430. The van der Waals surface area contributed by atoms with E-state index in [1.54, 1.807) is 11.8 Å². The van der Waals surface area contributed by atoms with Gasteiger partial charge >= 0.3 is 0 Å². The smallest absolute Gasteiger partial charge is 0.185 e. The van der Waals surface area contributed by atoms with Crippen LogP contribution in [0.25, 0.3) is 0 Å². The fraction of sp³-hybridized carbons (Fsp3) is 0.500. The molecule has 62 valence electrons. The summed E-state index contributed by atoms with van der Waals surface area (Å²) in [4.78, 5) is 0. The van der Waals surface area contributed by atoms with Gasteiger partial charge in [0.2, 0.25) is 0 Å². The lowest BCUT2D eigenvalue weighted by molar-refractivity contribution is 0.142. The third-order valence-electron chi connectivity index (χ3n) is 1.40. The van der Waals surface area contributed by atoms with Crippen molar-refractivity contribution in [3.05, 3.63) is 11.6 Å². The van der Waals surface area contributed by atoms with Crippen LogP contribution in [0.1, 0.15) is 6.92 Å². The largest absolute Gasteiger partial charge is 0.375 e. The minimum Gasteiger partial charge on any atom is -0.375 e. The first kappa shape index (κ1) is 8.67. The predicted octanol–water partition coefficient (Wildman–Crippen LogP) is 0.944. The van der Waals surface area contributed by atoms with Gasteiger partial charge in [-0.15, -0.1) is 11.8 Å². The molecule has 0 unspecified atom stereocenters. The van der Waals surface area contributed by atoms with Crippen molar-refractivity contribution in [3.8, 4) is 0 Å². The van der Waals surface area contributed by atoms with E-state index in [0.29, 0.717) is 5.11 Å².